The van der Waals surface area contributed by atoms with Crippen LogP contribution in [0.2, 0.25) is 0 Å². The maximum absolute atomic E-state index is 12.1. The number of ether oxygens (including phenoxy) is 4. The van der Waals surface area contributed by atoms with Gasteiger partial charge in [-0.3, -0.25) is 27.1 Å². The summed E-state index contributed by atoms with van der Waals surface area (Å²) >= 11 is 0. The summed E-state index contributed by atoms with van der Waals surface area (Å²) in [6, 6.07) is 0. The molecule has 0 aromatic carbocycles. The molecule has 24 nitrogen and oxygen atoms in total. The minimum Gasteiger partial charge on any atom is -0.544 e. The van der Waals surface area contributed by atoms with Crippen LogP contribution in [-0.2, 0) is 139 Å². The molecule has 30 heteroatoms. The van der Waals surface area contributed by atoms with Crippen LogP contribution in [0.4, 0.5) is 0 Å². The molecular weight excluding hydrogens is 950 g/mol. The smallest absolute Gasteiger partial charge is 0.472 e. The second-order valence-corrected chi connectivity index (χ2v) is 17.3. The van der Waals surface area contributed by atoms with Crippen LogP contribution in [0.3, 0.4) is 0 Å². The van der Waals surface area contributed by atoms with Gasteiger partial charge in [0.1, 0.15) is 36.6 Å². The molecule has 6 aliphatic rings. The molecule has 0 aromatic heterocycles. The first-order chi connectivity index (χ1) is 23.2. The SMILES string of the molecule is CC1OC2COP(=O)(O)OC3[CH-]OC(COP(=O)(O)OC1C2O)C3O.CC1OC2COP(=O)(O)OC3[CH-]OC(COP(=O)(O)OC2C1O)C3O.[Y].[Y]. The number of hydrogen-bond donors (Lipinski definition) is 8. The minimum atomic E-state index is -4.65. The van der Waals surface area contributed by atoms with E-state index in [4.69, 9.17) is 55.1 Å². The Hall–Kier alpha value is 2.33. The number of hydrogen-bond acceptors (Lipinski definition) is 20. The third-order valence-electron chi connectivity index (χ3n) is 7.98. The van der Waals surface area contributed by atoms with Gasteiger partial charge in [0.2, 0.25) is 0 Å². The van der Waals surface area contributed by atoms with Crippen LogP contribution >= 0.6 is 31.3 Å². The first-order valence-electron chi connectivity index (χ1n) is 14.8. The molecular formula is C22H38O24P4Y2-2. The van der Waals surface area contributed by atoms with Crippen molar-refractivity contribution in [2.75, 3.05) is 26.4 Å². The Morgan fingerprint density at radius 1 is 0.481 bits per heavy atom. The summed E-state index contributed by atoms with van der Waals surface area (Å²) in [7, 11) is -18.5. The number of aliphatic hydroxyl groups excluding tert-OH is 4. The number of phosphoric acid groups is 4. The van der Waals surface area contributed by atoms with Crippen molar-refractivity contribution >= 4 is 31.3 Å². The molecule has 18 unspecified atom stereocenters. The van der Waals surface area contributed by atoms with Gasteiger partial charge in [-0.15, -0.1) is 0 Å². The molecule has 6 rings (SSSR count). The maximum Gasteiger partial charge on any atom is 0.472 e. The van der Waals surface area contributed by atoms with E-state index < -0.39 is 143 Å². The quantitative estimate of drug-likeness (QED) is 0.0975. The molecule has 0 amide bonds. The molecule has 298 valence electrons. The van der Waals surface area contributed by atoms with E-state index in [1.54, 1.807) is 0 Å². The van der Waals surface area contributed by atoms with Crippen molar-refractivity contribution in [2.45, 2.75) is 99.3 Å². The molecule has 0 spiro atoms. The van der Waals surface area contributed by atoms with E-state index in [1.807, 2.05) is 0 Å². The Morgan fingerprint density at radius 3 is 1.31 bits per heavy atom. The molecule has 0 saturated carbocycles. The van der Waals surface area contributed by atoms with Gasteiger partial charge in [-0.25, -0.2) is 18.3 Å². The normalized spacial score (nSPS) is 52.9. The average Bonchev–Trinajstić information content (AvgIpc) is 3.70. The minimum absolute atomic E-state index is 0. The van der Waals surface area contributed by atoms with E-state index in [0.717, 1.165) is 13.2 Å². The third kappa shape index (κ3) is 12.7. The molecule has 6 fully saturated rings. The van der Waals surface area contributed by atoms with E-state index in [2.05, 4.69) is 0 Å². The van der Waals surface area contributed by atoms with Crippen molar-refractivity contribution in [3.63, 3.8) is 0 Å². The van der Waals surface area contributed by atoms with Crippen LogP contribution in [-0.4, -0.2) is 152 Å². The Labute approximate surface area is 346 Å². The number of fused-ring (bicyclic) bond motifs is 7. The van der Waals surface area contributed by atoms with E-state index in [0.29, 0.717) is 0 Å². The average molecular weight is 988 g/mol. The van der Waals surface area contributed by atoms with Crippen LogP contribution in [0.5, 0.6) is 0 Å². The van der Waals surface area contributed by atoms with Crippen molar-refractivity contribution in [3.8, 4) is 0 Å². The van der Waals surface area contributed by atoms with Gasteiger partial charge in [0, 0.05) is 65.4 Å². The summed E-state index contributed by atoms with van der Waals surface area (Å²) in [6.45, 7) is 2.62. The van der Waals surface area contributed by atoms with Crippen LogP contribution in [0.25, 0.3) is 0 Å². The molecule has 0 aliphatic carbocycles. The predicted octanol–water partition coefficient (Wildman–Crippen LogP) is -1.86. The fourth-order valence-electron chi connectivity index (χ4n) is 5.35. The first-order valence-corrected chi connectivity index (χ1v) is 20.8. The van der Waals surface area contributed by atoms with Gasteiger partial charge in [-0.2, -0.15) is 13.2 Å². The van der Waals surface area contributed by atoms with E-state index in [9.17, 15) is 58.3 Å². The molecule has 6 bridgehead atoms. The monoisotopic (exact) mass is 988 g/mol. The Bertz CT molecular complexity index is 1380. The zero-order chi connectivity index (χ0) is 36.8. The zero-order valence-corrected chi connectivity index (χ0v) is 36.4. The number of phosphoric ester groups is 4. The standard InChI is InChI=1S/2C11H19O12P2.2Y/c1-5-11-10(13)7(21-5)4-20-24(14,15)22-8-2-18-6(9(8)12)3-19-25(16,17)23-11;1-5-9(12)11-8(21-5)4-20-24(14,15)22-7-2-18-6(10(7)13)3-19-25(16,17)23-11;;/h2*2,5-13H,3-4H2,1H3,(H,14,15)(H,16,17);;/q2*-1;;. The van der Waals surface area contributed by atoms with Crippen molar-refractivity contribution < 1.29 is 179 Å². The van der Waals surface area contributed by atoms with Crippen molar-refractivity contribution in [1.29, 1.82) is 0 Å². The molecule has 2 radical (unpaired) electrons. The van der Waals surface area contributed by atoms with Crippen LogP contribution in [0.1, 0.15) is 13.8 Å². The molecule has 18 atom stereocenters. The van der Waals surface area contributed by atoms with Crippen molar-refractivity contribution in [1.82, 2.24) is 0 Å². The van der Waals surface area contributed by atoms with Gasteiger partial charge in [-0.05, 0) is 26.1 Å². The summed E-state index contributed by atoms with van der Waals surface area (Å²) in [6.07, 6.45) is -16.9. The van der Waals surface area contributed by atoms with Gasteiger partial charge in [-0.1, -0.05) is 0 Å². The summed E-state index contributed by atoms with van der Waals surface area (Å²) in [5.74, 6) is 0. The zero-order valence-electron chi connectivity index (χ0n) is 27.1. The summed E-state index contributed by atoms with van der Waals surface area (Å²) < 4.78 is 107. The van der Waals surface area contributed by atoms with Gasteiger partial charge >= 0.3 is 31.3 Å². The van der Waals surface area contributed by atoms with Crippen LogP contribution in [0.15, 0.2) is 0 Å². The summed E-state index contributed by atoms with van der Waals surface area (Å²) in [5.41, 5.74) is 0. The van der Waals surface area contributed by atoms with Gasteiger partial charge < -0.3 is 68.0 Å². The van der Waals surface area contributed by atoms with E-state index >= 15 is 0 Å². The Morgan fingerprint density at radius 2 is 0.846 bits per heavy atom. The second kappa shape index (κ2) is 19.6. The molecule has 52 heavy (non-hydrogen) atoms. The largest absolute Gasteiger partial charge is 0.544 e. The van der Waals surface area contributed by atoms with Gasteiger partial charge in [0.25, 0.3) is 0 Å². The van der Waals surface area contributed by atoms with Crippen LogP contribution < -0.4 is 0 Å². The maximum atomic E-state index is 12.1. The second-order valence-electron chi connectivity index (χ2n) is 11.7. The van der Waals surface area contributed by atoms with E-state index in [-0.39, 0.29) is 65.4 Å². The Balaban J connectivity index is 0.000000270. The molecule has 6 saturated heterocycles. The fraction of sp³-hybridized carbons (Fsp3) is 0.909. The van der Waals surface area contributed by atoms with Gasteiger partial charge in [0.05, 0.1) is 63.1 Å². The fourth-order valence-corrected chi connectivity index (χ4v) is 9.07. The number of aliphatic hydroxyl groups is 4. The Kier molecular flexibility index (Phi) is 18.3. The van der Waals surface area contributed by atoms with Crippen molar-refractivity contribution in [3.05, 3.63) is 13.2 Å². The molecule has 0 aromatic rings. The first kappa shape index (κ1) is 48.7. The van der Waals surface area contributed by atoms with Crippen LogP contribution in [0, 0.1) is 13.2 Å². The van der Waals surface area contributed by atoms with E-state index in [1.165, 1.54) is 13.8 Å². The summed E-state index contributed by atoms with van der Waals surface area (Å²) in [4.78, 5) is 39.1. The van der Waals surface area contributed by atoms with Gasteiger partial charge in [0.15, 0.2) is 0 Å². The molecule has 6 heterocycles. The third-order valence-corrected chi connectivity index (χ3v) is 11.9. The summed E-state index contributed by atoms with van der Waals surface area (Å²) in [5, 5.41) is 40.2. The topological polar surface area (TPSA) is 341 Å². The number of rotatable bonds is 0. The molecule has 8 N–H and O–H groups in total. The molecule has 6 aliphatic heterocycles. The predicted molar refractivity (Wildman–Crippen MR) is 154 cm³/mol. The van der Waals surface area contributed by atoms with Crippen molar-refractivity contribution in [2.24, 2.45) is 0 Å².